The summed E-state index contributed by atoms with van der Waals surface area (Å²) >= 11 is 6.30. The van der Waals surface area contributed by atoms with Crippen LogP contribution in [0.25, 0.3) is 0 Å². The summed E-state index contributed by atoms with van der Waals surface area (Å²) in [7, 11) is 0. The first kappa shape index (κ1) is 14.4. The number of rotatable bonds is 1. The fourth-order valence-electron chi connectivity index (χ4n) is 3.20. The van der Waals surface area contributed by atoms with Crippen LogP contribution < -0.4 is 4.90 Å². The number of anilines is 1. The van der Waals surface area contributed by atoms with Gasteiger partial charge in [-0.05, 0) is 43.9 Å². The molecule has 21 heavy (non-hydrogen) atoms. The van der Waals surface area contributed by atoms with Crippen molar-refractivity contribution in [2.24, 2.45) is 0 Å². The number of hydrogen-bond donors (Lipinski definition) is 0. The van der Waals surface area contributed by atoms with Crippen LogP contribution in [0.4, 0.5) is 5.69 Å². The molecule has 1 aromatic carbocycles. The summed E-state index contributed by atoms with van der Waals surface area (Å²) in [5.41, 5.74) is 1.77. The molecule has 1 unspecified atom stereocenters. The maximum atomic E-state index is 12.8. The second-order valence-electron chi connectivity index (χ2n) is 5.79. The number of benzene rings is 1. The van der Waals surface area contributed by atoms with E-state index in [0.717, 1.165) is 24.8 Å². The molecule has 3 rings (SSSR count). The van der Waals surface area contributed by atoms with Gasteiger partial charge in [-0.3, -0.25) is 9.59 Å². The third-order valence-electron chi connectivity index (χ3n) is 4.32. The van der Waals surface area contributed by atoms with Gasteiger partial charge in [-0.25, -0.2) is 0 Å². The monoisotopic (exact) mass is 306 g/mol. The molecule has 0 N–H and O–H groups in total. The van der Waals surface area contributed by atoms with E-state index in [1.165, 1.54) is 0 Å². The predicted molar refractivity (Wildman–Crippen MR) is 82.5 cm³/mol. The third-order valence-corrected chi connectivity index (χ3v) is 4.62. The molecular formula is C16H19ClN2O2. The van der Waals surface area contributed by atoms with E-state index in [-0.39, 0.29) is 17.9 Å². The average molecular weight is 307 g/mol. The van der Waals surface area contributed by atoms with E-state index in [0.29, 0.717) is 30.2 Å². The van der Waals surface area contributed by atoms with Crippen molar-refractivity contribution in [3.63, 3.8) is 0 Å². The number of halogens is 1. The largest absolute Gasteiger partial charge is 0.331 e. The van der Waals surface area contributed by atoms with Crippen LogP contribution in [0.15, 0.2) is 18.2 Å². The molecule has 2 saturated heterocycles. The molecule has 1 atom stereocenters. The Hall–Kier alpha value is -1.55. The molecule has 2 aliphatic heterocycles. The lowest BCUT2D eigenvalue weighted by Crippen LogP contribution is -2.49. The average Bonchev–Trinajstić information content (AvgIpc) is 2.59. The molecule has 0 bridgehead atoms. The number of amides is 2. The van der Waals surface area contributed by atoms with Crippen molar-refractivity contribution in [1.82, 2.24) is 4.90 Å². The van der Waals surface area contributed by atoms with Crippen molar-refractivity contribution in [2.75, 3.05) is 18.0 Å². The van der Waals surface area contributed by atoms with Crippen LogP contribution in [0.3, 0.4) is 0 Å². The van der Waals surface area contributed by atoms with Crippen LogP contribution >= 0.6 is 11.6 Å². The summed E-state index contributed by atoms with van der Waals surface area (Å²) < 4.78 is 0. The molecule has 2 aliphatic rings. The molecule has 2 fully saturated rings. The zero-order valence-electron chi connectivity index (χ0n) is 12.1. The molecule has 2 amide bonds. The lowest BCUT2D eigenvalue weighted by molar-refractivity contribution is -0.138. The number of nitrogens with zero attached hydrogens (tertiary/aromatic N) is 2. The predicted octanol–water partition coefficient (Wildman–Crippen LogP) is 2.77. The summed E-state index contributed by atoms with van der Waals surface area (Å²) in [4.78, 5) is 28.5. The van der Waals surface area contributed by atoms with Crippen molar-refractivity contribution < 1.29 is 9.59 Å². The first-order chi connectivity index (χ1) is 10.1. The van der Waals surface area contributed by atoms with Gasteiger partial charge in [-0.15, -0.1) is 0 Å². The summed E-state index contributed by atoms with van der Waals surface area (Å²) in [5, 5.41) is 0.569. The van der Waals surface area contributed by atoms with Gasteiger partial charge in [0.1, 0.15) is 6.04 Å². The van der Waals surface area contributed by atoms with E-state index in [4.69, 9.17) is 11.6 Å². The van der Waals surface area contributed by atoms with Gasteiger partial charge in [0.15, 0.2) is 0 Å². The fourth-order valence-corrected chi connectivity index (χ4v) is 3.54. The molecule has 0 radical (unpaired) electrons. The number of carbonyl (C=O) groups excluding carboxylic acids is 2. The normalized spacial score (nSPS) is 23.0. The van der Waals surface area contributed by atoms with Gasteiger partial charge in [-0.2, -0.15) is 0 Å². The van der Waals surface area contributed by atoms with E-state index in [2.05, 4.69) is 0 Å². The molecule has 4 nitrogen and oxygen atoms in total. The quantitative estimate of drug-likeness (QED) is 0.800. The summed E-state index contributed by atoms with van der Waals surface area (Å²) in [6.07, 6.45) is 3.10. The van der Waals surface area contributed by atoms with Crippen LogP contribution in [0.5, 0.6) is 0 Å². The molecule has 2 heterocycles. The van der Waals surface area contributed by atoms with Crippen LogP contribution in [0.1, 0.15) is 31.2 Å². The van der Waals surface area contributed by atoms with Crippen LogP contribution in [0.2, 0.25) is 5.02 Å². The van der Waals surface area contributed by atoms with Crippen LogP contribution in [0, 0.1) is 6.92 Å². The Morgan fingerprint density at radius 2 is 2.00 bits per heavy atom. The Kier molecular flexibility index (Phi) is 3.89. The maximum Gasteiger partial charge on any atom is 0.249 e. The molecule has 0 saturated carbocycles. The van der Waals surface area contributed by atoms with Crippen molar-refractivity contribution in [3.05, 3.63) is 28.8 Å². The highest BCUT2D eigenvalue weighted by atomic mass is 35.5. The fraction of sp³-hybridized carbons (Fsp3) is 0.500. The molecule has 0 spiro atoms. The number of piperidine rings is 1. The van der Waals surface area contributed by atoms with Crippen LogP contribution in [-0.4, -0.2) is 35.8 Å². The highest BCUT2D eigenvalue weighted by molar-refractivity contribution is 6.34. The topological polar surface area (TPSA) is 40.6 Å². The van der Waals surface area contributed by atoms with Gasteiger partial charge in [-0.1, -0.05) is 17.7 Å². The second-order valence-corrected chi connectivity index (χ2v) is 6.20. The lowest BCUT2D eigenvalue weighted by atomic mass is 10.0. The SMILES string of the molecule is Cc1ccc(N2CCC(=O)N3CCCCC3C2=O)c(Cl)c1. The molecular weight excluding hydrogens is 288 g/mol. The lowest BCUT2D eigenvalue weighted by Gasteiger charge is -2.34. The Morgan fingerprint density at radius 3 is 2.76 bits per heavy atom. The van der Waals surface area contributed by atoms with Gasteiger partial charge in [0.25, 0.3) is 0 Å². The summed E-state index contributed by atoms with van der Waals surface area (Å²) in [6.45, 7) is 3.07. The third kappa shape index (κ3) is 2.64. The number of hydrogen-bond acceptors (Lipinski definition) is 2. The Bertz CT molecular complexity index is 588. The number of fused-ring (bicyclic) bond motifs is 1. The first-order valence-electron chi connectivity index (χ1n) is 7.45. The van der Waals surface area contributed by atoms with Gasteiger partial charge >= 0.3 is 0 Å². The Balaban J connectivity index is 1.95. The Morgan fingerprint density at radius 1 is 1.19 bits per heavy atom. The van der Waals surface area contributed by atoms with Crippen molar-refractivity contribution in [2.45, 2.75) is 38.6 Å². The smallest absolute Gasteiger partial charge is 0.249 e. The first-order valence-corrected chi connectivity index (χ1v) is 7.83. The maximum absolute atomic E-state index is 12.8. The van der Waals surface area contributed by atoms with Gasteiger partial charge in [0.05, 0.1) is 10.7 Å². The van der Waals surface area contributed by atoms with E-state index in [1.807, 2.05) is 25.1 Å². The number of carbonyl (C=O) groups is 2. The number of aryl methyl sites for hydroxylation is 1. The minimum absolute atomic E-state index is 0.00584. The van der Waals surface area contributed by atoms with Gasteiger partial charge in [0.2, 0.25) is 11.8 Å². The second kappa shape index (κ2) is 5.68. The van der Waals surface area contributed by atoms with Gasteiger partial charge < -0.3 is 9.80 Å². The van der Waals surface area contributed by atoms with Crippen molar-refractivity contribution >= 4 is 29.1 Å². The van der Waals surface area contributed by atoms with E-state index in [9.17, 15) is 9.59 Å². The molecule has 112 valence electrons. The summed E-state index contributed by atoms with van der Waals surface area (Å²) in [5.74, 6) is 0.0880. The summed E-state index contributed by atoms with van der Waals surface area (Å²) in [6, 6.07) is 5.36. The van der Waals surface area contributed by atoms with Crippen LogP contribution in [-0.2, 0) is 9.59 Å². The highest BCUT2D eigenvalue weighted by Crippen LogP contribution is 2.31. The molecule has 0 aliphatic carbocycles. The Labute approximate surface area is 129 Å². The van der Waals surface area contributed by atoms with E-state index < -0.39 is 0 Å². The highest BCUT2D eigenvalue weighted by Gasteiger charge is 2.38. The van der Waals surface area contributed by atoms with E-state index in [1.54, 1.807) is 9.80 Å². The zero-order valence-corrected chi connectivity index (χ0v) is 12.9. The zero-order chi connectivity index (χ0) is 15.0. The molecule has 5 heteroatoms. The standard InChI is InChI=1S/C16H19ClN2O2/c1-11-5-6-13(12(17)10-11)19-9-7-15(20)18-8-3-2-4-14(18)16(19)21/h5-6,10,14H,2-4,7-9H2,1H3. The molecule has 1 aromatic rings. The van der Waals surface area contributed by atoms with Crippen molar-refractivity contribution in [1.29, 1.82) is 0 Å². The van der Waals surface area contributed by atoms with Gasteiger partial charge in [0, 0.05) is 19.5 Å². The van der Waals surface area contributed by atoms with E-state index >= 15 is 0 Å². The minimum atomic E-state index is -0.314. The van der Waals surface area contributed by atoms with Crippen molar-refractivity contribution in [3.8, 4) is 0 Å². The minimum Gasteiger partial charge on any atom is -0.331 e. The molecule has 0 aromatic heterocycles.